The molecule has 1 aromatic rings. The number of hydrogen-bond donors (Lipinski definition) is 0. The molecular formula is C8H11BrN2O. The molecule has 0 radical (unpaired) electrons. The summed E-state index contributed by atoms with van der Waals surface area (Å²) in [7, 11) is 1.66. The molecule has 66 valence electrons. The Morgan fingerprint density at radius 1 is 1.67 bits per heavy atom. The van der Waals surface area contributed by atoms with E-state index in [1.807, 2.05) is 0 Å². The van der Waals surface area contributed by atoms with Gasteiger partial charge < -0.3 is 4.74 Å². The van der Waals surface area contributed by atoms with Gasteiger partial charge in [0.15, 0.2) is 0 Å². The van der Waals surface area contributed by atoms with Gasteiger partial charge >= 0.3 is 0 Å². The molecule has 0 N–H and O–H groups in total. The van der Waals surface area contributed by atoms with Crippen LogP contribution in [0.2, 0.25) is 0 Å². The van der Waals surface area contributed by atoms with Crippen LogP contribution in [-0.4, -0.2) is 16.7 Å². The molecule has 0 saturated heterocycles. The predicted molar refractivity (Wildman–Crippen MR) is 49.4 cm³/mol. The van der Waals surface area contributed by atoms with Gasteiger partial charge in [0.2, 0.25) is 0 Å². The van der Waals surface area contributed by atoms with Gasteiger partial charge in [-0.2, -0.15) is 0 Å². The van der Waals surface area contributed by atoms with Gasteiger partial charge in [-0.05, 0) is 35.2 Å². The second-order valence-electron chi connectivity index (χ2n) is 3.02. The number of methoxy groups -OCH3 is 1. The summed E-state index contributed by atoms with van der Waals surface area (Å²) in [6.45, 7) is 0. The second kappa shape index (κ2) is 3.09. The third kappa shape index (κ3) is 1.14. The van der Waals surface area contributed by atoms with Gasteiger partial charge in [0.1, 0.15) is 4.60 Å². The summed E-state index contributed by atoms with van der Waals surface area (Å²) in [6.07, 6.45) is 5.59. The van der Waals surface area contributed by atoms with Gasteiger partial charge in [-0.1, -0.05) is 0 Å². The third-order valence-corrected chi connectivity index (χ3v) is 2.93. The Labute approximate surface area is 79.9 Å². The quantitative estimate of drug-likeness (QED) is 0.781. The number of halogens is 1. The van der Waals surface area contributed by atoms with Crippen LogP contribution in [0.5, 0.6) is 6.01 Å². The Kier molecular flexibility index (Phi) is 2.09. The van der Waals surface area contributed by atoms with Crippen LogP contribution in [0.3, 0.4) is 0 Å². The molecule has 0 amide bonds. The summed E-state index contributed by atoms with van der Waals surface area (Å²) in [5.74, 6) is 0. The number of hydrogen-bond acceptors (Lipinski definition) is 2. The minimum absolute atomic E-state index is 0.594. The highest BCUT2D eigenvalue weighted by molar-refractivity contribution is 9.10. The predicted octanol–water partition coefficient (Wildman–Crippen LogP) is 2.38. The highest BCUT2D eigenvalue weighted by Crippen LogP contribution is 2.37. The van der Waals surface area contributed by atoms with Crippen molar-refractivity contribution < 1.29 is 4.74 Å². The summed E-state index contributed by atoms with van der Waals surface area (Å²) < 4.78 is 8.28. The minimum Gasteiger partial charge on any atom is -0.468 e. The van der Waals surface area contributed by atoms with Crippen LogP contribution in [0.25, 0.3) is 0 Å². The SMILES string of the molecule is COc1ncc(Br)n1C1CCC1. The average Bonchev–Trinajstić information content (AvgIpc) is 2.30. The first kappa shape index (κ1) is 8.10. The van der Waals surface area contributed by atoms with E-state index in [1.165, 1.54) is 19.3 Å². The molecule has 0 aromatic carbocycles. The first-order valence-electron chi connectivity index (χ1n) is 4.09. The number of nitrogens with zero attached hydrogens (tertiary/aromatic N) is 2. The summed E-state index contributed by atoms with van der Waals surface area (Å²) in [5.41, 5.74) is 0. The molecule has 0 atom stereocenters. The number of aromatic nitrogens is 2. The van der Waals surface area contributed by atoms with Crippen molar-refractivity contribution in [1.82, 2.24) is 9.55 Å². The lowest BCUT2D eigenvalue weighted by atomic mass is 9.93. The maximum absolute atomic E-state index is 5.14. The van der Waals surface area contributed by atoms with Gasteiger partial charge in [-0.25, -0.2) is 4.98 Å². The molecule has 1 aliphatic rings. The van der Waals surface area contributed by atoms with E-state index in [-0.39, 0.29) is 0 Å². The Bertz CT molecular complexity index is 281. The maximum atomic E-state index is 5.14. The minimum atomic E-state index is 0.594. The zero-order valence-electron chi connectivity index (χ0n) is 6.96. The van der Waals surface area contributed by atoms with Gasteiger partial charge in [0.05, 0.1) is 13.3 Å². The normalized spacial score (nSPS) is 17.5. The van der Waals surface area contributed by atoms with E-state index in [0.717, 1.165) is 4.60 Å². The van der Waals surface area contributed by atoms with Gasteiger partial charge in [0, 0.05) is 6.04 Å². The molecule has 1 aromatic heterocycles. The molecule has 1 saturated carbocycles. The van der Waals surface area contributed by atoms with Crippen LogP contribution >= 0.6 is 15.9 Å². The van der Waals surface area contributed by atoms with Gasteiger partial charge in [0.25, 0.3) is 6.01 Å². The van der Waals surface area contributed by atoms with Crippen molar-refractivity contribution in [3.8, 4) is 6.01 Å². The lowest BCUT2D eigenvalue weighted by Gasteiger charge is -2.28. The summed E-state index contributed by atoms with van der Waals surface area (Å²) in [5, 5.41) is 0. The van der Waals surface area contributed by atoms with Crippen molar-refractivity contribution in [3.05, 3.63) is 10.8 Å². The van der Waals surface area contributed by atoms with E-state index in [4.69, 9.17) is 4.74 Å². The largest absolute Gasteiger partial charge is 0.468 e. The van der Waals surface area contributed by atoms with Crippen molar-refractivity contribution >= 4 is 15.9 Å². The van der Waals surface area contributed by atoms with E-state index >= 15 is 0 Å². The second-order valence-corrected chi connectivity index (χ2v) is 3.83. The maximum Gasteiger partial charge on any atom is 0.297 e. The first-order valence-corrected chi connectivity index (χ1v) is 4.89. The standard InChI is InChI=1S/C8H11BrN2O/c1-12-8-10-5-7(9)11(8)6-3-2-4-6/h5-6H,2-4H2,1H3. The van der Waals surface area contributed by atoms with Crippen LogP contribution in [0.1, 0.15) is 25.3 Å². The zero-order chi connectivity index (χ0) is 8.55. The number of imidazole rings is 1. The first-order chi connectivity index (χ1) is 5.83. The average molecular weight is 231 g/mol. The number of rotatable bonds is 2. The fraction of sp³-hybridized carbons (Fsp3) is 0.625. The van der Waals surface area contributed by atoms with Crippen molar-refractivity contribution in [1.29, 1.82) is 0 Å². The monoisotopic (exact) mass is 230 g/mol. The molecule has 1 aliphatic carbocycles. The molecule has 4 heteroatoms. The van der Waals surface area contributed by atoms with E-state index in [9.17, 15) is 0 Å². The number of ether oxygens (including phenoxy) is 1. The van der Waals surface area contributed by atoms with Crippen LogP contribution < -0.4 is 4.74 Å². The van der Waals surface area contributed by atoms with Crippen molar-refractivity contribution in [2.75, 3.05) is 7.11 Å². The molecule has 0 spiro atoms. The van der Waals surface area contributed by atoms with Crippen LogP contribution in [0.4, 0.5) is 0 Å². The Hall–Kier alpha value is -0.510. The Morgan fingerprint density at radius 2 is 2.42 bits per heavy atom. The fourth-order valence-electron chi connectivity index (χ4n) is 1.45. The van der Waals surface area contributed by atoms with Gasteiger partial charge in [-0.15, -0.1) is 0 Å². The fourth-order valence-corrected chi connectivity index (χ4v) is 1.99. The van der Waals surface area contributed by atoms with Crippen LogP contribution in [0.15, 0.2) is 10.8 Å². The Balaban J connectivity index is 2.31. The highest BCUT2D eigenvalue weighted by atomic mass is 79.9. The van der Waals surface area contributed by atoms with Crippen molar-refractivity contribution in [3.63, 3.8) is 0 Å². The van der Waals surface area contributed by atoms with E-state index in [0.29, 0.717) is 12.1 Å². The third-order valence-electron chi connectivity index (χ3n) is 2.34. The van der Waals surface area contributed by atoms with Crippen molar-refractivity contribution in [2.45, 2.75) is 25.3 Å². The zero-order valence-corrected chi connectivity index (χ0v) is 8.54. The van der Waals surface area contributed by atoms with Crippen LogP contribution in [0, 0.1) is 0 Å². The van der Waals surface area contributed by atoms with E-state index in [1.54, 1.807) is 13.3 Å². The highest BCUT2D eigenvalue weighted by Gasteiger charge is 2.24. The molecule has 0 bridgehead atoms. The summed E-state index contributed by atoms with van der Waals surface area (Å²) in [6, 6.07) is 1.31. The van der Waals surface area contributed by atoms with Crippen molar-refractivity contribution in [2.24, 2.45) is 0 Å². The van der Waals surface area contributed by atoms with Gasteiger partial charge in [-0.3, -0.25) is 4.57 Å². The van der Waals surface area contributed by atoms with E-state index < -0.39 is 0 Å². The molecule has 12 heavy (non-hydrogen) atoms. The topological polar surface area (TPSA) is 27.1 Å². The molecular weight excluding hydrogens is 220 g/mol. The molecule has 1 heterocycles. The summed E-state index contributed by atoms with van der Waals surface area (Å²) in [4.78, 5) is 4.13. The smallest absolute Gasteiger partial charge is 0.297 e. The molecule has 2 rings (SSSR count). The van der Waals surface area contributed by atoms with E-state index in [2.05, 4.69) is 25.5 Å². The molecule has 1 fully saturated rings. The molecule has 3 nitrogen and oxygen atoms in total. The lowest BCUT2D eigenvalue weighted by Crippen LogP contribution is -2.17. The lowest BCUT2D eigenvalue weighted by molar-refractivity contribution is 0.263. The Morgan fingerprint density at radius 3 is 2.92 bits per heavy atom. The summed E-state index contributed by atoms with van der Waals surface area (Å²) >= 11 is 3.45. The molecule has 0 aliphatic heterocycles. The molecule has 0 unspecified atom stereocenters. The van der Waals surface area contributed by atoms with Crippen LogP contribution in [-0.2, 0) is 0 Å².